The van der Waals surface area contributed by atoms with Gasteiger partial charge in [0.15, 0.2) is 24.1 Å². The fraction of sp³-hybridized carbons (Fsp3) is 0.320. The molecule has 3 N–H and O–H groups in total. The summed E-state index contributed by atoms with van der Waals surface area (Å²) in [5.41, 5.74) is 2.47. The molecular weight excluding hydrogens is 447 g/mol. The van der Waals surface area contributed by atoms with E-state index in [9.17, 15) is 4.39 Å². The molecule has 1 aromatic carbocycles. The van der Waals surface area contributed by atoms with Crippen molar-refractivity contribution in [1.82, 2.24) is 25.0 Å². The topological polar surface area (TPSA) is 96.9 Å². The van der Waals surface area contributed by atoms with E-state index < -0.39 is 5.82 Å². The fourth-order valence-corrected chi connectivity index (χ4v) is 3.35. The molecule has 0 aliphatic carbocycles. The molecular formula is C25H33FN8O. The van der Waals surface area contributed by atoms with Crippen molar-refractivity contribution in [3.8, 4) is 5.75 Å². The molecule has 0 unspecified atom stereocenters. The number of ether oxygens (including phenoxy) is 1. The van der Waals surface area contributed by atoms with Gasteiger partial charge in [-0.1, -0.05) is 6.08 Å². The van der Waals surface area contributed by atoms with Crippen LogP contribution in [-0.2, 0) is 0 Å². The monoisotopic (exact) mass is 480 g/mol. The van der Waals surface area contributed by atoms with Gasteiger partial charge >= 0.3 is 0 Å². The first-order valence-electron chi connectivity index (χ1n) is 11.2. The maximum Gasteiger partial charge on any atom is 0.181 e. The van der Waals surface area contributed by atoms with E-state index in [1.165, 1.54) is 0 Å². The molecule has 3 rings (SSSR count). The summed E-state index contributed by atoms with van der Waals surface area (Å²) in [4.78, 5) is 15.8. The Balaban J connectivity index is 1.80. The lowest BCUT2D eigenvalue weighted by atomic mass is 10.2. The third-order valence-corrected chi connectivity index (χ3v) is 5.19. The highest BCUT2D eigenvalue weighted by molar-refractivity contribution is 5.94. The van der Waals surface area contributed by atoms with Crippen LogP contribution in [0.4, 0.5) is 10.2 Å². The Morgan fingerprint density at radius 1 is 1.26 bits per heavy atom. The van der Waals surface area contributed by atoms with Crippen LogP contribution >= 0.6 is 0 Å². The number of anilines is 1. The number of likely N-dealkylation sites (N-methyl/N-ethyl adjacent to an activating group) is 2. The number of aromatic nitrogens is 3. The number of nitrogens with zero attached hydrogens (tertiary/aromatic N) is 5. The molecule has 186 valence electrons. The zero-order valence-electron chi connectivity index (χ0n) is 20.9. The minimum absolute atomic E-state index is 0.0672. The number of nitrogens with one attached hydrogen (secondary N) is 3. The highest BCUT2D eigenvalue weighted by Crippen LogP contribution is 2.26. The maximum atomic E-state index is 14.9. The van der Waals surface area contributed by atoms with Crippen LogP contribution in [0.25, 0.3) is 17.0 Å². The zero-order valence-corrected chi connectivity index (χ0v) is 20.9. The van der Waals surface area contributed by atoms with Crippen molar-refractivity contribution in [2.24, 2.45) is 9.98 Å². The molecule has 2 aromatic heterocycles. The standard InChI is InChI=1S/C25H33FN8O/c1-7-8-18-14-23(32-31-18)30-22(27-3)15-24(34(6)12-11-33(4)5)28-16-35-21-10-9-20-19(25(21)26)13-17(2)29-20/h7-10,13-15,29H,3,11-12,16H2,1-2,4-6H3,(H2,30,31,32)/b8-7+,22-15+,28-24+. The molecule has 0 fully saturated rings. The minimum atomic E-state index is -0.411. The summed E-state index contributed by atoms with van der Waals surface area (Å²) in [5.74, 6) is 1.40. The lowest BCUT2D eigenvalue weighted by Gasteiger charge is -2.22. The van der Waals surface area contributed by atoms with Crippen LogP contribution in [0.3, 0.4) is 0 Å². The van der Waals surface area contributed by atoms with E-state index in [2.05, 4.69) is 42.1 Å². The summed E-state index contributed by atoms with van der Waals surface area (Å²) in [6.07, 6.45) is 5.58. The summed E-state index contributed by atoms with van der Waals surface area (Å²) in [7, 11) is 5.93. The average molecular weight is 481 g/mol. The molecule has 0 saturated carbocycles. The van der Waals surface area contributed by atoms with E-state index in [1.807, 2.05) is 58.1 Å². The van der Waals surface area contributed by atoms with E-state index in [-0.39, 0.29) is 12.5 Å². The second kappa shape index (κ2) is 12.0. The minimum Gasteiger partial charge on any atom is -0.468 e. The van der Waals surface area contributed by atoms with Gasteiger partial charge in [0.25, 0.3) is 0 Å². The van der Waals surface area contributed by atoms with Crippen molar-refractivity contribution in [2.75, 3.05) is 46.3 Å². The number of H-pyrrole nitrogens is 2. The highest BCUT2D eigenvalue weighted by Gasteiger charge is 2.12. The molecule has 3 aromatic rings. The Hall–Kier alpha value is -3.92. The van der Waals surface area contributed by atoms with E-state index in [4.69, 9.17) is 4.74 Å². The van der Waals surface area contributed by atoms with Crippen molar-refractivity contribution in [3.05, 3.63) is 59.4 Å². The van der Waals surface area contributed by atoms with Crippen LogP contribution in [0, 0.1) is 12.7 Å². The second-order valence-electron chi connectivity index (χ2n) is 8.33. The fourth-order valence-electron chi connectivity index (χ4n) is 3.35. The van der Waals surface area contributed by atoms with Crippen molar-refractivity contribution in [3.63, 3.8) is 0 Å². The van der Waals surface area contributed by atoms with E-state index in [1.54, 1.807) is 24.3 Å². The number of allylic oxidation sites excluding steroid dienone is 1. The van der Waals surface area contributed by atoms with Gasteiger partial charge in [-0.2, -0.15) is 5.10 Å². The van der Waals surface area contributed by atoms with Gasteiger partial charge in [0.05, 0.1) is 5.69 Å². The molecule has 35 heavy (non-hydrogen) atoms. The van der Waals surface area contributed by atoms with Crippen LogP contribution in [0.1, 0.15) is 18.3 Å². The molecule has 2 heterocycles. The molecule has 0 atom stereocenters. The Morgan fingerprint density at radius 3 is 2.77 bits per heavy atom. The van der Waals surface area contributed by atoms with Gasteiger partial charge in [0.2, 0.25) is 0 Å². The van der Waals surface area contributed by atoms with Gasteiger partial charge in [-0.3, -0.25) is 5.10 Å². The average Bonchev–Trinajstić information content (AvgIpc) is 3.43. The first-order chi connectivity index (χ1) is 16.8. The summed E-state index contributed by atoms with van der Waals surface area (Å²) in [5, 5.41) is 10.8. The number of aromatic amines is 2. The Labute approximate surface area is 205 Å². The van der Waals surface area contributed by atoms with Gasteiger partial charge in [0, 0.05) is 48.9 Å². The first kappa shape index (κ1) is 25.7. The number of aryl methyl sites for hydroxylation is 1. The van der Waals surface area contributed by atoms with Crippen LogP contribution in [-0.4, -0.2) is 78.5 Å². The summed E-state index contributed by atoms with van der Waals surface area (Å²) < 4.78 is 20.6. The Morgan fingerprint density at radius 2 is 2.06 bits per heavy atom. The van der Waals surface area contributed by atoms with Gasteiger partial charge in [0.1, 0.15) is 11.7 Å². The second-order valence-corrected chi connectivity index (χ2v) is 8.33. The van der Waals surface area contributed by atoms with Gasteiger partial charge in [-0.15, -0.1) is 0 Å². The smallest absolute Gasteiger partial charge is 0.181 e. The van der Waals surface area contributed by atoms with Crippen LogP contribution in [0.15, 0.2) is 52.2 Å². The predicted molar refractivity (Wildman–Crippen MR) is 142 cm³/mol. The number of halogens is 1. The molecule has 0 aliphatic rings. The van der Waals surface area contributed by atoms with Gasteiger partial charge in [-0.05, 0) is 58.9 Å². The van der Waals surface area contributed by atoms with Gasteiger partial charge < -0.3 is 24.8 Å². The first-order valence-corrected chi connectivity index (χ1v) is 11.2. The number of benzene rings is 1. The SMILES string of the molecule is C=N/C(=C\C(=N/COc1ccc2[nH]c(C)cc2c1F)N(C)CCN(C)C)Nc1cc(/C=C/C)[nH]n1. The molecule has 0 bridgehead atoms. The van der Waals surface area contributed by atoms with E-state index >= 15 is 0 Å². The lowest BCUT2D eigenvalue weighted by Crippen LogP contribution is -2.33. The van der Waals surface area contributed by atoms with E-state index in [0.717, 1.165) is 23.4 Å². The van der Waals surface area contributed by atoms with E-state index in [0.29, 0.717) is 29.4 Å². The quantitative estimate of drug-likeness (QED) is 0.282. The molecule has 0 radical (unpaired) electrons. The number of hydrogen-bond acceptors (Lipinski definition) is 6. The molecule has 0 aliphatic heterocycles. The lowest BCUT2D eigenvalue weighted by molar-refractivity contribution is 0.310. The summed E-state index contributed by atoms with van der Waals surface area (Å²) in [6.45, 7) is 8.94. The van der Waals surface area contributed by atoms with Crippen LogP contribution in [0.2, 0.25) is 0 Å². The number of fused-ring (bicyclic) bond motifs is 1. The van der Waals surface area contributed by atoms with Crippen molar-refractivity contribution in [1.29, 1.82) is 0 Å². The van der Waals surface area contributed by atoms with Gasteiger partial charge in [-0.25, -0.2) is 14.4 Å². The predicted octanol–water partition coefficient (Wildman–Crippen LogP) is 4.25. The van der Waals surface area contributed by atoms with Crippen molar-refractivity contribution in [2.45, 2.75) is 13.8 Å². The number of rotatable bonds is 11. The zero-order chi connectivity index (χ0) is 25.4. The third kappa shape index (κ3) is 7.03. The molecule has 9 nitrogen and oxygen atoms in total. The molecule has 0 spiro atoms. The maximum absolute atomic E-state index is 14.9. The number of amidine groups is 1. The summed E-state index contributed by atoms with van der Waals surface area (Å²) >= 11 is 0. The Bertz CT molecular complexity index is 1240. The highest BCUT2D eigenvalue weighted by atomic mass is 19.1. The normalized spacial score (nSPS) is 12.7. The van der Waals surface area contributed by atoms with Crippen LogP contribution < -0.4 is 10.1 Å². The number of aliphatic imine (C=N–C) groups is 2. The molecule has 0 amide bonds. The van der Waals surface area contributed by atoms with Crippen molar-refractivity contribution >= 4 is 35.3 Å². The Kier molecular flexibility index (Phi) is 8.80. The molecule has 10 heteroatoms. The largest absolute Gasteiger partial charge is 0.468 e. The third-order valence-electron chi connectivity index (χ3n) is 5.19. The molecule has 0 saturated heterocycles. The summed E-state index contributed by atoms with van der Waals surface area (Å²) in [6, 6.07) is 7.02. The van der Waals surface area contributed by atoms with Crippen LogP contribution in [0.5, 0.6) is 5.75 Å². The van der Waals surface area contributed by atoms with Crippen molar-refractivity contribution < 1.29 is 9.13 Å². The number of hydrogen-bond donors (Lipinski definition) is 3.